The fourth-order valence-corrected chi connectivity index (χ4v) is 3.25. The van der Waals surface area contributed by atoms with Crippen molar-refractivity contribution in [2.45, 2.75) is 38.8 Å². The molecule has 1 fully saturated rings. The third kappa shape index (κ3) is 4.04. The third-order valence-electron chi connectivity index (χ3n) is 2.85. The van der Waals surface area contributed by atoms with E-state index in [0.717, 1.165) is 25.8 Å². The van der Waals surface area contributed by atoms with Crippen LogP contribution in [0.3, 0.4) is 0 Å². The topological polar surface area (TPSA) is 97.1 Å². The van der Waals surface area contributed by atoms with Crippen LogP contribution in [0.25, 0.3) is 0 Å². The van der Waals surface area contributed by atoms with Gasteiger partial charge in [-0.2, -0.15) is 4.98 Å². The minimum Gasteiger partial charge on any atom is -0.338 e. The molecule has 1 unspecified atom stereocenters. The Kier molecular flexibility index (Phi) is 4.31. The molecule has 1 saturated heterocycles. The molecule has 102 valence electrons. The summed E-state index contributed by atoms with van der Waals surface area (Å²) >= 11 is 0. The summed E-state index contributed by atoms with van der Waals surface area (Å²) in [5.74, 6) is 0.881. The summed E-state index contributed by atoms with van der Waals surface area (Å²) < 4.78 is 31.0. The van der Waals surface area contributed by atoms with Gasteiger partial charge >= 0.3 is 0 Å². The highest BCUT2D eigenvalue weighted by molar-refractivity contribution is 7.89. The highest BCUT2D eigenvalue weighted by atomic mass is 32.2. The number of nitrogens with one attached hydrogen (secondary N) is 2. The Labute approximate surface area is 106 Å². The fraction of sp³-hybridized carbons (Fsp3) is 0.800. The summed E-state index contributed by atoms with van der Waals surface area (Å²) in [6.45, 7) is 2.63. The molecule has 1 aromatic heterocycles. The van der Waals surface area contributed by atoms with E-state index in [1.165, 1.54) is 0 Å². The van der Waals surface area contributed by atoms with Gasteiger partial charge in [-0.3, -0.25) is 0 Å². The van der Waals surface area contributed by atoms with Crippen molar-refractivity contribution in [3.05, 3.63) is 11.7 Å². The van der Waals surface area contributed by atoms with Gasteiger partial charge < -0.3 is 9.84 Å². The van der Waals surface area contributed by atoms with Crippen LogP contribution < -0.4 is 10.0 Å². The van der Waals surface area contributed by atoms with Gasteiger partial charge in [0.05, 0.1) is 12.3 Å². The lowest BCUT2D eigenvalue weighted by molar-refractivity contribution is 0.371. The van der Waals surface area contributed by atoms with E-state index in [1.807, 2.05) is 0 Å². The number of sulfonamides is 1. The van der Waals surface area contributed by atoms with Gasteiger partial charge in [-0.15, -0.1) is 0 Å². The van der Waals surface area contributed by atoms with E-state index >= 15 is 0 Å². The van der Waals surface area contributed by atoms with Crippen molar-refractivity contribution >= 4 is 10.0 Å². The Morgan fingerprint density at radius 3 is 2.94 bits per heavy atom. The molecule has 1 aliphatic rings. The SMILES string of the molecule is Cc1noc(CNS(=O)(=O)CC2CCCCN2)n1. The molecule has 0 saturated carbocycles. The zero-order valence-electron chi connectivity index (χ0n) is 10.3. The Balaban J connectivity index is 1.83. The van der Waals surface area contributed by atoms with Crippen molar-refractivity contribution in [2.75, 3.05) is 12.3 Å². The Morgan fingerprint density at radius 2 is 2.33 bits per heavy atom. The summed E-state index contributed by atoms with van der Waals surface area (Å²) in [5.41, 5.74) is 0. The van der Waals surface area contributed by atoms with Gasteiger partial charge in [0.2, 0.25) is 15.9 Å². The summed E-state index contributed by atoms with van der Waals surface area (Å²) in [4.78, 5) is 3.94. The number of aromatic nitrogens is 2. The van der Waals surface area contributed by atoms with Crippen LogP contribution in [-0.4, -0.2) is 36.9 Å². The molecule has 2 heterocycles. The molecule has 0 aromatic carbocycles. The maximum Gasteiger partial charge on any atom is 0.241 e. The van der Waals surface area contributed by atoms with Crippen LogP contribution in [0.5, 0.6) is 0 Å². The van der Waals surface area contributed by atoms with Crippen molar-refractivity contribution in [1.82, 2.24) is 20.2 Å². The van der Waals surface area contributed by atoms with Crippen molar-refractivity contribution in [3.63, 3.8) is 0 Å². The maximum atomic E-state index is 11.8. The number of hydrogen-bond donors (Lipinski definition) is 2. The molecule has 0 aliphatic carbocycles. The molecule has 1 aliphatic heterocycles. The van der Waals surface area contributed by atoms with E-state index in [-0.39, 0.29) is 24.2 Å². The quantitative estimate of drug-likeness (QED) is 0.780. The second-order valence-corrected chi connectivity index (χ2v) is 6.34. The largest absolute Gasteiger partial charge is 0.338 e. The fourth-order valence-electron chi connectivity index (χ4n) is 1.97. The summed E-state index contributed by atoms with van der Waals surface area (Å²) in [5, 5.41) is 6.81. The van der Waals surface area contributed by atoms with Crippen LogP contribution in [0.1, 0.15) is 31.0 Å². The predicted molar refractivity (Wildman–Crippen MR) is 65.3 cm³/mol. The van der Waals surface area contributed by atoms with Crippen molar-refractivity contribution < 1.29 is 12.9 Å². The first-order valence-corrected chi connectivity index (χ1v) is 7.70. The number of rotatable bonds is 5. The summed E-state index contributed by atoms with van der Waals surface area (Å²) in [6, 6.07) is 0.0423. The number of aryl methyl sites for hydroxylation is 1. The van der Waals surface area contributed by atoms with Gasteiger partial charge in [0.1, 0.15) is 0 Å². The van der Waals surface area contributed by atoms with Gasteiger partial charge in [-0.25, -0.2) is 13.1 Å². The second kappa shape index (κ2) is 5.77. The zero-order chi connectivity index (χ0) is 13.0. The lowest BCUT2D eigenvalue weighted by Gasteiger charge is -2.23. The van der Waals surface area contributed by atoms with Gasteiger partial charge in [-0.05, 0) is 26.3 Å². The number of nitrogens with zero attached hydrogens (tertiary/aromatic N) is 2. The molecule has 1 aromatic rings. The minimum atomic E-state index is -3.31. The third-order valence-corrected chi connectivity index (χ3v) is 4.27. The Morgan fingerprint density at radius 1 is 1.50 bits per heavy atom. The van der Waals surface area contributed by atoms with Crippen LogP contribution in [0.15, 0.2) is 4.52 Å². The smallest absolute Gasteiger partial charge is 0.241 e. The van der Waals surface area contributed by atoms with E-state index < -0.39 is 10.0 Å². The summed E-state index contributed by atoms with van der Waals surface area (Å²) in [7, 11) is -3.31. The molecule has 8 heteroatoms. The van der Waals surface area contributed by atoms with Crippen molar-refractivity contribution in [1.29, 1.82) is 0 Å². The predicted octanol–water partition coefficient (Wildman–Crippen LogP) is -0.0605. The molecule has 0 bridgehead atoms. The highest BCUT2D eigenvalue weighted by Gasteiger charge is 2.21. The van der Waals surface area contributed by atoms with Crippen LogP contribution >= 0.6 is 0 Å². The average Bonchev–Trinajstić information content (AvgIpc) is 2.74. The molecule has 2 N–H and O–H groups in total. The molecule has 0 amide bonds. The van der Waals surface area contributed by atoms with Gasteiger partial charge in [0, 0.05) is 6.04 Å². The molecule has 0 radical (unpaired) electrons. The van der Waals surface area contributed by atoms with Crippen molar-refractivity contribution in [2.24, 2.45) is 0 Å². The van der Waals surface area contributed by atoms with E-state index in [1.54, 1.807) is 6.92 Å². The highest BCUT2D eigenvalue weighted by Crippen LogP contribution is 2.08. The van der Waals surface area contributed by atoms with E-state index in [2.05, 4.69) is 20.2 Å². The molecule has 0 spiro atoms. The standard InChI is InChI=1S/C10H18N4O3S/c1-8-13-10(17-14-8)6-12-18(15,16)7-9-4-2-3-5-11-9/h9,11-12H,2-7H2,1H3. The van der Waals surface area contributed by atoms with Gasteiger partial charge in [0.25, 0.3) is 0 Å². The van der Waals surface area contributed by atoms with Crippen LogP contribution in [0.2, 0.25) is 0 Å². The number of piperidine rings is 1. The lowest BCUT2D eigenvalue weighted by Crippen LogP contribution is -2.42. The summed E-state index contributed by atoms with van der Waals surface area (Å²) in [6.07, 6.45) is 3.10. The van der Waals surface area contributed by atoms with Crippen LogP contribution in [-0.2, 0) is 16.6 Å². The first-order valence-electron chi connectivity index (χ1n) is 6.05. The maximum absolute atomic E-state index is 11.8. The minimum absolute atomic E-state index is 0.0423. The molecule has 7 nitrogen and oxygen atoms in total. The zero-order valence-corrected chi connectivity index (χ0v) is 11.2. The second-order valence-electron chi connectivity index (χ2n) is 4.48. The first-order chi connectivity index (χ1) is 8.55. The van der Waals surface area contributed by atoms with Gasteiger partial charge in [-0.1, -0.05) is 11.6 Å². The van der Waals surface area contributed by atoms with E-state index in [0.29, 0.717) is 5.82 Å². The molecule has 18 heavy (non-hydrogen) atoms. The molecular formula is C10H18N4O3S. The average molecular weight is 274 g/mol. The van der Waals surface area contributed by atoms with Gasteiger partial charge in [0.15, 0.2) is 5.82 Å². The molecule has 1 atom stereocenters. The normalized spacial score (nSPS) is 21.1. The lowest BCUT2D eigenvalue weighted by atomic mass is 10.1. The number of hydrogen-bond acceptors (Lipinski definition) is 6. The molecule has 2 rings (SSSR count). The van der Waals surface area contributed by atoms with Crippen molar-refractivity contribution in [3.8, 4) is 0 Å². The monoisotopic (exact) mass is 274 g/mol. The Bertz CT molecular complexity index is 479. The van der Waals surface area contributed by atoms with E-state index in [9.17, 15) is 8.42 Å². The molecular weight excluding hydrogens is 256 g/mol. The van der Waals surface area contributed by atoms with Crippen LogP contribution in [0, 0.1) is 6.92 Å². The van der Waals surface area contributed by atoms with Crippen LogP contribution in [0.4, 0.5) is 0 Å². The Hall–Kier alpha value is -0.990. The van der Waals surface area contributed by atoms with E-state index in [4.69, 9.17) is 4.52 Å². The first kappa shape index (κ1) is 13.4.